The van der Waals surface area contributed by atoms with Crippen LogP contribution in [0, 0.1) is 11.8 Å². The van der Waals surface area contributed by atoms with Gasteiger partial charge in [0.15, 0.2) is 0 Å². The molecule has 3 aromatic rings. The number of methoxy groups -OCH3 is 2. The molecule has 0 amide bonds. The van der Waals surface area contributed by atoms with Crippen LogP contribution in [0.3, 0.4) is 0 Å². The fourth-order valence-corrected chi connectivity index (χ4v) is 4.90. The second-order valence-corrected chi connectivity index (χ2v) is 8.88. The lowest BCUT2D eigenvalue weighted by Gasteiger charge is -2.38. The van der Waals surface area contributed by atoms with Crippen LogP contribution < -0.4 is 9.47 Å². The quantitative estimate of drug-likeness (QED) is 0.421. The molecule has 1 fully saturated rings. The van der Waals surface area contributed by atoms with Gasteiger partial charge in [0, 0.05) is 6.61 Å². The van der Waals surface area contributed by atoms with E-state index in [0.29, 0.717) is 25.0 Å². The van der Waals surface area contributed by atoms with Crippen LogP contribution in [0.5, 0.6) is 11.5 Å². The van der Waals surface area contributed by atoms with Gasteiger partial charge >= 0.3 is 0 Å². The largest absolute Gasteiger partial charge is 0.497 e. The van der Waals surface area contributed by atoms with Crippen molar-refractivity contribution in [3.8, 4) is 11.5 Å². The normalized spacial score (nSPS) is 18.6. The average Bonchev–Trinajstić information content (AvgIpc) is 2.90. The number of aliphatic hydroxyl groups excluding tert-OH is 1. The van der Waals surface area contributed by atoms with Gasteiger partial charge in [-0.1, -0.05) is 54.6 Å². The predicted molar refractivity (Wildman–Crippen MR) is 131 cm³/mol. The number of aliphatic hydroxyl groups is 1. The lowest BCUT2D eigenvalue weighted by molar-refractivity contribution is -0.0190. The zero-order valence-corrected chi connectivity index (χ0v) is 19.6. The Hall–Kier alpha value is -2.82. The molecule has 33 heavy (non-hydrogen) atoms. The fraction of sp³-hybridized carbons (Fsp3) is 0.379. The second-order valence-electron chi connectivity index (χ2n) is 8.88. The van der Waals surface area contributed by atoms with Crippen molar-refractivity contribution in [2.75, 3.05) is 27.4 Å². The molecule has 174 valence electrons. The summed E-state index contributed by atoms with van der Waals surface area (Å²) in [6.45, 7) is 0.949. The number of ether oxygens (including phenoxy) is 3. The smallest absolute Gasteiger partial charge is 0.143 e. The van der Waals surface area contributed by atoms with Gasteiger partial charge in [-0.25, -0.2) is 0 Å². The highest BCUT2D eigenvalue weighted by atomic mass is 16.5. The molecule has 3 aromatic carbocycles. The molecule has 1 aliphatic rings. The first-order valence-electron chi connectivity index (χ1n) is 11.8. The lowest BCUT2D eigenvalue weighted by Crippen LogP contribution is -2.35. The minimum Gasteiger partial charge on any atom is -0.497 e. The standard InChI is InChI=1S/C29H34O4/c1-31-27-16-12-25(13-17-27)29(24-6-4-3-5-7-24,26-14-18-28(32-2)19-15-26)33-21-23-10-8-22(20-30)9-11-23/h3-7,12-19,22-23,30H,8-11,20-21H2,1-2H3. The lowest BCUT2D eigenvalue weighted by atomic mass is 9.79. The summed E-state index contributed by atoms with van der Waals surface area (Å²) >= 11 is 0. The van der Waals surface area contributed by atoms with Crippen LogP contribution in [0.4, 0.5) is 0 Å². The van der Waals surface area contributed by atoms with Crippen molar-refractivity contribution in [2.45, 2.75) is 31.3 Å². The predicted octanol–water partition coefficient (Wildman–Crippen LogP) is 5.81. The third-order valence-corrected chi connectivity index (χ3v) is 6.93. The molecule has 0 aliphatic heterocycles. The third kappa shape index (κ3) is 5.07. The van der Waals surface area contributed by atoms with E-state index < -0.39 is 5.60 Å². The van der Waals surface area contributed by atoms with Crippen LogP contribution in [0.25, 0.3) is 0 Å². The first kappa shape index (κ1) is 23.3. The van der Waals surface area contributed by atoms with Gasteiger partial charge in [-0.2, -0.15) is 0 Å². The molecule has 0 bridgehead atoms. The first-order chi connectivity index (χ1) is 16.2. The molecule has 0 heterocycles. The van der Waals surface area contributed by atoms with Crippen molar-refractivity contribution in [3.63, 3.8) is 0 Å². The molecular weight excluding hydrogens is 412 g/mol. The molecule has 0 spiro atoms. The van der Waals surface area contributed by atoms with Gasteiger partial charge in [-0.15, -0.1) is 0 Å². The van der Waals surface area contributed by atoms with Crippen LogP contribution in [0.1, 0.15) is 42.4 Å². The van der Waals surface area contributed by atoms with Gasteiger partial charge in [-0.05, 0) is 78.5 Å². The van der Waals surface area contributed by atoms with Crippen molar-refractivity contribution >= 4 is 0 Å². The molecule has 0 atom stereocenters. The highest BCUT2D eigenvalue weighted by molar-refractivity contribution is 5.49. The van der Waals surface area contributed by atoms with E-state index in [1.54, 1.807) is 14.2 Å². The van der Waals surface area contributed by atoms with Crippen molar-refractivity contribution in [3.05, 3.63) is 95.6 Å². The first-order valence-corrected chi connectivity index (χ1v) is 11.8. The molecule has 0 aromatic heterocycles. The molecule has 0 saturated heterocycles. The van der Waals surface area contributed by atoms with Gasteiger partial charge < -0.3 is 19.3 Å². The van der Waals surface area contributed by atoms with E-state index in [1.807, 2.05) is 30.3 Å². The van der Waals surface area contributed by atoms with Crippen LogP contribution in [-0.2, 0) is 10.3 Å². The molecule has 1 N–H and O–H groups in total. The van der Waals surface area contributed by atoms with E-state index in [2.05, 4.69) is 48.5 Å². The molecule has 4 nitrogen and oxygen atoms in total. The summed E-state index contributed by atoms with van der Waals surface area (Å²) in [5, 5.41) is 9.52. The Balaban J connectivity index is 1.76. The second kappa shape index (κ2) is 10.9. The highest BCUT2D eigenvalue weighted by Crippen LogP contribution is 2.43. The summed E-state index contributed by atoms with van der Waals surface area (Å²) in [5.74, 6) is 2.55. The number of hydrogen-bond acceptors (Lipinski definition) is 4. The SMILES string of the molecule is COc1ccc(C(OCC2CCC(CO)CC2)(c2ccccc2)c2ccc(OC)cc2)cc1. The summed E-state index contributed by atoms with van der Waals surface area (Å²) < 4.78 is 17.8. The monoisotopic (exact) mass is 446 g/mol. The van der Waals surface area contributed by atoms with Crippen LogP contribution in [0.15, 0.2) is 78.9 Å². The van der Waals surface area contributed by atoms with Gasteiger partial charge in [0.25, 0.3) is 0 Å². The molecule has 1 saturated carbocycles. The van der Waals surface area contributed by atoms with Crippen molar-refractivity contribution in [2.24, 2.45) is 11.8 Å². The zero-order chi connectivity index (χ0) is 23.1. The fourth-order valence-electron chi connectivity index (χ4n) is 4.90. The Morgan fingerprint density at radius 2 is 1.12 bits per heavy atom. The van der Waals surface area contributed by atoms with Gasteiger partial charge in [0.2, 0.25) is 0 Å². The Morgan fingerprint density at radius 3 is 1.58 bits per heavy atom. The Morgan fingerprint density at radius 1 is 0.667 bits per heavy atom. The average molecular weight is 447 g/mol. The van der Waals surface area contributed by atoms with E-state index in [9.17, 15) is 5.11 Å². The molecular formula is C29H34O4. The molecule has 0 unspecified atom stereocenters. The maximum Gasteiger partial charge on any atom is 0.143 e. The third-order valence-electron chi connectivity index (χ3n) is 6.93. The van der Waals surface area contributed by atoms with Crippen molar-refractivity contribution < 1.29 is 19.3 Å². The summed E-state index contributed by atoms with van der Waals surface area (Å²) in [5.41, 5.74) is 2.45. The minimum absolute atomic E-state index is 0.291. The maximum absolute atomic E-state index is 9.52. The summed E-state index contributed by atoms with van der Waals surface area (Å²) in [4.78, 5) is 0. The van der Waals surface area contributed by atoms with Crippen molar-refractivity contribution in [1.29, 1.82) is 0 Å². The van der Waals surface area contributed by atoms with Gasteiger partial charge in [0.1, 0.15) is 17.1 Å². The Labute approximate surface area is 197 Å². The van der Waals surface area contributed by atoms with E-state index in [1.165, 1.54) is 0 Å². The summed E-state index contributed by atoms with van der Waals surface area (Å²) in [6, 6.07) is 26.8. The van der Waals surface area contributed by atoms with Gasteiger partial charge in [-0.3, -0.25) is 0 Å². The molecule has 0 radical (unpaired) electrons. The number of benzene rings is 3. The molecule has 4 rings (SSSR count). The summed E-state index contributed by atoms with van der Waals surface area (Å²) in [7, 11) is 3.37. The maximum atomic E-state index is 9.52. The highest BCUT2D eigenvalue weighted by Gasteiger charge is 2.38. The van der Waals surface area contributed by atoms with Crippen LogP contribution in [0.2, 0.25) is 0 Å². The van der Waals surface area contributed by atoms with E-state index in [0.717, 1.165) is 53.9 Å². The zero-order valence-electron chi connectivity index (χ0n) is 19.6. The van der Waals surface area contributed by atoms with Crippen molar-refractivity contribution in [1.82, 2.24) is 0 Å². The van der Waals surface area contributed by atoms with E-state index in [4.69, 9.17) is 14.2 Å². The minimum atomic E-state index is -0.756. The van der Waals surface area contributed by atoms with Crippen LogP contribution >= 0.6 is 0 Å². The summed E-state index contributed by atoms with van der Waals surface area (Å²) in [6.07, 6.45) is 4.30. The van der Waals surface area contributed by atoms with Crippen LogP contribution in [-0.4, -0.2) is 32.5 Å². The molecule has 4 heteroatoms. The van der Waals surface area contributed by atoms with Gasteiger partial charge in [0.05, 0.1) is 20.8 Å². The number of hydrogen-bond donors (Lipinski definition) is 1. The topological polar surface area (TPSA) is 47.9 Å². The van der Waals surface area contributed by atoms with E-state index in [-0.39, 0.29) is 0 Å². The van der Waals surface area contributed by atoms with E-state index >= 15 is 0 Å². The number of rotatable bonds is 9. The Kier molecular flexibility index (Phi) is 7.69. The Bertz CT molecular complexity index is 927. The molecule has 1 aliphatic carbocycles.